The summed E-state index contributed by atoms with van der Waals surface area (Å²) in [7, 11) is 0. The fraction of sp³-hybridized carbons (Fsp3) is 0. The molecule has 1 aromatic heterocycles. The first-order valence-electron chi connectivity index (χ1n) is 6.20. The van der Waals surface area contributed by atoms with Gasteiger partial charge in [0.05, 0.1) is 0 Å². The van der Waals surface area contributed by atoms with Crippen molar-refractivity contribution in [3.63, 3.8) is 0 Å². The minimum atomic E-state index is -0.270. The lowest BCUT2D eigenvalue weighted by atomic mass is 10.2. The number of hydrogen-bond donors (Lipinski definition) is 1. The number of anilines is 1. The standard InChI is InChI=1S/C15H11FN4S/c16-12-5-1-10(2-6-12)9-18-15-20-19-14(21-15)11-3-7-13(17)8-4-11/h1-9H,17H2/b18-9+. The second-order valence-corrected chi connectivity index (χ2v) is 5.28. The van der Waals surface area contributed by atoms with E-state index < -0.39 is 0 Å². The Morgan fingerprint density at radius 3 is 2.43 bits per heavy atom. The maximum atomic E-state index is 12.8. The molecule has 0 saturated heterocycles. The summed E-state index contributed by atoms with van der Waals surface area (Å²) in [5.41, 5.74) is 8.11. The average molecular weight is 298 g/mol. The molecule has 1 heterocycles. The molecule has 0 unspecified atom stereocenters. The molecular formula is C15H11FN4S. The van der Waals surface area contributed by atoms with Gasteiger partial charge in [0.15, 0.2) is 0 Å². The molecule has 0 aliphatic carbocycles. The van der Waals surface area contributed by atoms with Crippen LogP contribution >= 0.6 is 11.3 Å². The highest BCUT2D eigenvalue weighted by Crippen LogP contribution is 2.28. The van der Waals surface area contributed by atoms with Gasteiger partial charge in [0, 0.05) is 17.5 Å². The number of nitrogen functional groups attached to an aromatic ring is 1. The highest BCUT2D eigenvalue weighted by atomic mass is 32.1. The Labute approximate surface area is 124 Å². The first kappa shape index (κ1) is 13.4. The molecule has 0 spiro atoms. The van der Waals surface area contributed by atoms with Gasteiger partial charge in [0.2, 0.25) is 5.13 Å². The van der Waals surface area contributed by atoms with Gasteiger partial charge in [0.1, 0.15) is 10.8 Å². The molecule has 0 amide bonds. The predicted molar refractivity (Wildman–Crippen MR) is 83.4 cm³/mol. The van der Waals surface area contributed by atoms with E-state index >= 15 is 0 Å². The third-order valence-electron chi connectivity index (χ3n) is 2.77. The van der Waals surface area contributed by atoms with E-state index in [1.807, 2.05) is 24.3 Å². The first-order chi connectivity index (χ1) is 10.2. The molecule has 0 aliphatic heterocycles. The van der Waals surface area contributed by atoms with E-state index in [1.165, 1.54) is 23.5 Å². The molecule has 0 atom stereocenters. The summed E-state index contributed by atoms with van der Waals surface area (Å²) in [5.74, 6) is -0.270. The fourth-order valence-electron chi connectivity index (χ4n) is 1.69. The minimum Gasteiger partial charge on any atom is -0.399 e. The Kier molecular flexibility index (Phi) is 3.70. The number of aliphatic imine (C=N–C) groups is 1. The molecule has 4 nitrogen and oxygen atoms in total. The summed E-state index contributed by atoms with van der Waals surface area (Å²) in [6, 6.07) is 13.5. The molecule has 6 heteroatoms. The van der Waals surface area contributed by atoms with Crippen molar-refractivity contribution in [2.75, 3.05) is 5.73 Å². The molecule has 0 bridgehead atoms. The zero-order chi connectivity index (χ0) is 14.7. The molecule has 3 rings (SSSR count). The highest BCUT2D eigenvalue weighted by Gasteiger charge is 2.05. The number of aromatic nitrogens is 2. The van der Waals surface area contributed by atoms with Crippen LogP contribution in [0.15, 0.2) is 53.5 Å². The van der Waals surface area contributed by atoms with E-state index in [-0.39, 0.29) is 5.82 Å². The number of benzene rings is 2. The maximum absolute atomic E-state index is 12.8. The molecule has 3 aromatic rings. The SMILES string of the molecule is Nc1ccc(-c2nnc(/N=C/c3ccc(F)cc3)s2)cc1. The van der Waals surface area contributed by atoms with Crippen LogP contribution in [-0.2, 0) is 0 Å². The van der Waals surface area contributed by atoms with Crippen LogP contribution in [0, 0.1) is 5.82 Å². The quantitative estimate of drug-likeness (QED) is 0.592. The van der Waals surface area contributed by atoms with Crippen molar-refractivity contribution in [1.29, 1.82) is 0 Å². The monoisotopic (exact) mass is 298 g/mol. The van der Waals surface area contributed by atoms with Crippen molar-refractivity contribution in [3.8, 4) is 10.6 Å². The van der Waals surface area contributed by atoms with Gasteiger partial charge < -0.3 is 5.73 Å². The zero-order valence-corrected chi connectivity index (χ0v) is 11.7. The van der Waals surface area contributed by atoms with Gasteiger partial charge in [-0.1, -0.05) is 23.5 Å². The number of hydrogen-bond acceptors (Lipinski definition) is 5. The lowest BCUT2D eigenvalue weighted by Gasteiger charge is -1.95. The van der Waals surface area contributed by atoms with Crippen molar-refractivity contribution < 1.29 is 4.39 Å². The summed E-state index contributed by atoms with van der Waals surface area (Å²) < 4.78 is 12.8. The van der Waals surface area contributed by atoms with Crippen LogP contribution in [0.3, 0.4) is 0 Å². The average Bonchev–Trinajstić information content (AvgIpc) is 2.96. The third-order valence-corrected chi connectivity index (χ3v) is 3.65. The van der Waals surface area contributed by atoms with Gasteiger partial charge in [0.25, 0.3) is 0 Å². The van der Waals surface area contributed by atoms with E-state index in [0.29, 0.717) is 10.8 Å². The molecule has 0 saturated carbocycles. The second kappa shape index (κ2) is 5.80. The molecule has 0 aliphatic rings. The van der Waals surface area contributed by atoms with Crippen molar-refractivity contribution in [1.82, 2.24) is 10.2 Å². The minimum absolute atomic E-state index is 0.270. The van der Waals surface area contributed by atoms with Gasteiger partial charge in [-0.05, 0) is 42.0 Å². The Balaban J connectivity index is 1.78. The largest absolute Gasteiger partial charge is 0.399 e. The number of rotatable bonds is 3. The zero-order valence-electron chi connectivity index (χ0n) is 10.9. The summed E-state index contributed by atoms with van der Waals surface area (Å²) in [5, 5.41) is 9.44. The third kappa shape index (κ3) is 3.29. The van der Waals surface area contributed by atoms with E-state index in [0.717, 1.165) is 16.1 Å². The molecule has 104 valence electrons. The van der Waals surface area contributed by atoms with Gasteiger partial charge in [-0.25, -0.2) is 9.38 Å². The van der Waals surface area contributed by atoms with Crippen LogP contribution in [-0.4, -0.2) is 16.4 Å². The molecule has 2 N–H and O–H groups in total. The van der Waals surface area contributed by atoms with Crippen molar-refractivity contribution >= 4 is 28.4 Å². The lowest BCUT2D eigenvalue weighted by Crippen LogP contribution is -1.83. The van der Waals surface area contributed by atoms with Crippen molar-refractivity contribution in [3.05, 3.63) is 59.9 Å². The molecule has 0 radical (unpaired) electrons. The van der Waals surface area contributed by atoms with E-state index in [9.17, 15) is 4.39 Å². The Morgan fingerprint density at radius 1 is 1.00 bits per heavy atom. The summed E-state index contributed by atoms with van der Waals surface area (Å²) in [6.07, 6.45) is 1.63. The van der Waals surface area contributed by atoms with Crippen LogP contribution in [0.5, 0.6) is 0 Å². The predicted octanol–water partition coefficient (Wildman–Crippen LogP) is 3.68. The molecule has 0 fully saturated rings. The van der Waals surface area contributed by atoms with Crippen LogP contribution in [0.2, 0.25) is 0 Å². The molecule has 2 aromatic carbocycles. The number of nitrogens with two attached hydrogens (primary N) is 1. The van der Waals surface area contributed by atoms with Gasteiger partial charge >= 0.3 is 0 Å². The second-order valence-electron chi connectivity index (χ2n) is 4.32. The topological polar surface area (TPSA) is 64.2 Å². The number of nitrogens with zero attached hydrogens (tertiary/aromatic N) is 3. The lowest BCUT2D eigenvalue weighted by molar-refractivity contribution is 0.628. The van der Waals surface area contributed by atoms with Crippen LogP contribution in [0.25, 0.3) is 10.6 Å². The fourth-order valence-corrected chi connectivity index (χ4v) is 2.38. The van der Waals surface area contributed by atoms with Crippen molar-refractivity contribution in [2.24, 2.45) is 4.99 Å². The Hall–Kier alpha value is -2.60. The molecule has 21 heavy (non-hydrogen) atoms. The highest BCUT2D eigenvalue weighted by molar-refractivity contribution is 7.18. The number of halogens is 1. The van der Waals surface area contributed by atoms with Crippen LogP contribution in [0.1, 0.15) is 5.56 Å². The van der Waals surface area contributed by atoms with E-state index in [2.05, 4.69) is 15.2 Å². The van der Waals surface area contributed by atoms with E-state index in [4.69, 9.17) is 5.73 Å². The van der Waals surface area contributed by atoms with E-state index in [1.54, 1.807) is 18.3 Å². The normalized spacial score (nSPS) is 11.1. The van der Waals surface area contributed by atoms with Crippen molar-refractivity contribution in [2.45, 2.75) is 0 Å². The summed E-state index contributed by atoms with van der Waals surface area (Å²) in [6.45, 7) is 0. The van der Waals surface area contributed by atoms with Gasteiger partial charge in [-0.2, -0.15) is 0 Å². The summed E-state index contributed by atoms with van der Waals surface area (Å²) in [4.78, 5) is 4.24. The Morgan fingerprint density at radius 2 is 1.71 bits per heavy atom. The smallest absolute Gasteiger partial charge is 0.231 e. The van der Waals surface area contributed by atoms with Gasteiger partial charge in [-0.3, -0.25) is 0 Å². The first-order valence-corrected chi connectivity index (χ1v) is 7.01. The van der Waals surface area contributed by atoms with Gasteiger partial charge in [-0.15, -0.1) is 10.2 Å². The van der Waals surface area contributed by atoms with Crippen LogP contribution in [0.4, 0.5) is 15.2 Å². The maximum Gasteiger partial charge on any atom is 0.231 e. The Bertz CT molecular complexity index is 763. The summed E-state index contributed by atoms with van der Waals surface area (Å²) >= 11 is 1.38. The van der Waals surface area contributed by atoms with Crippen LogP contribution < -0.4 is 5.73 Å². The molecular weight excluding hydrogens is 287 g/mol.